The second-order valence-corrected chi connectivity index (χ2v) is 5.03. The molecule has 0 radical (unpaired) electrons. The third kappa shape index (κ3) is 2.16. The van der Waals surface area contributed by atoms with Gasteiger partial charge in [0.25, 0.3) is 0 Å². The predicted molar refractivity (Wildman–Crippen MR) is 72.7 cm³/mol. The molecule has 3 rings (SSSR count). The van der Waals surface area contributed by atoms with Crippen molar-refractivity contribution in [3.05, 3.63) is 63.2 Å². The molecule has 7 heteroatoms. The topological polar surface area (TPSA) is 69.4 Å². The van der Waals surface area contributed by atoms with Crippen LogP contribution in [0, 0.1) is 0 Å². The van der Waals surface area contributed by atoms with Gasteiger partial charge in [-0.25, -0.2) is 0 Å². The highest BCUT2D eigenvalue weighted by molar-refractivity contribution is 6.31. The molecular formula is C15H6ClF2NO3. The van der Waals surface area contributed by atoms with Crippen molar-refractivity contribution >= 4 is 23.3 Å². The minimum absolute atomic E-state index is 0.000266. The van der Waals surface area contributed by atoms with Crippen molar-refractivity contribution in [1.29, 1.82) is 0 Å². The van der Waals surface area contributed by atoms with Crippen LogP contribution in [0.15, 0.2) is 52.6 Å². The third-order valence-corrected chi connectivity index (χ3v) is 3.30. The molecule has 22 heavy (non-hydrogen) atoms. The lowest BCUT2D eigenvalue weighted by Gasteiger charge is -2.29. The lowest BCUT2D eigenvalue weighted by molar-refractivity contribution is -0.139. The summed E-state index contributed by atoms with van der Waals surface area (Å²) in [5, 5.41) is 0.210. The molecule has 0 bridgehead atoms. The molecule has 0 spiro atoms. The van der Waals surface area contributed by atoms with Gasteiger partial charge in [0.2, 0.25) is 11.7 Å². The number of ether oxygens (including phenoxy) is 1. The van der Waals surface area contributed by atoms with E-state index in [4.69, 9.17) is 22.1 Å². The van der Waals surface area contributed by atoms with E-state index in [2.05, 4.69) is 11.5 Å². The van der Waals surface area contributed by atoms with E-state index in [1.165, 1.54) is 18.2 Å². The molecule has 2 N–H and O–H groups in total. The van der Waals surface area contributed by atoms with Crippen molar-refractivity contribution in [2.24, 2.45) is 5.73 Å². The smallest absolute Gasteiger partial charge is 0.343 e. The second-order valence-electron chi connectivity index (χ2n) is 4.59. The molecule has 0 aliphatic heterocycles. The SMILES string of the molecule is NC(=O)c1cc(Cl)cc(OC2=C=C=C3C(=C2)C(=O)C3(F)F)c1. The van der Waals surface area contributed by atoms with Gasteiger partial charge in [0.15, 0.2) is 5.76 Å². The molecule has 2 aliphatic carbocycles. The van der Waals surface area contributed by atoms with Gasteiger partial charge in [0.05, 0.1) is 5.57 Å². The maximum absolute atomic E-state index is 13.2. The van der Waals surface area contributed by atoms with E-state index in [0.717, 1.165) is 6.08 Å². The highest BCUT2D eigenvalue weighted by atomic mass is 35.5. The van der Waals surface area contributed by atoms with Crippen molar-refractivity contribution in [2.45, 2.75) is 5.92 Å². The van der Waals surface area contributed by atoms with Crippen molar-refractivity contribution in [2.75, 3.05) is 0 Å². The first-order valence-corrected chi connectivity index (χ1v) is 6.36. The molecule has 110 valence electrons. The summed E-state index contributed by atoms with van der Waals surface area (Å²) in [5.41, 5.74) is 9.18. The Hall–Kier alpha value is -2.65. The minimum atomic E-state index is -3.51. The summed E-state index contributed by atoms with van der Waals surface area (Å²) in [7, 11) is 0. The number of allylic oxidation sites excluding steroid dienone is 3. The number of carbonyl (C=O) groups excluding carboxylic acids is 2. The number of amides is 1. The van der Waals surface area contributed by atoms with E-state index in [9.17, 15) is 18.4 Å². The van der Waals surface area contributed by atoms with Crippen LogP contribution in [0.2, 0.25) is 5.02 Å². The Balaban J connectivity index is 1.96. The Labute approximate surface area is 127 Å². The van der Waals surface area contributed by atoms with E-state index in [1.54, 1.807) is 0 Å². The van der Waals surface area contributed by atoms with Crippen molar-refractivity contribution in [1.82, 2.24) is 0 Å². The Morgan fingerprint density at radius 1 is 1.27 bits per heavy atom. The number of hydrogen-bond donors (Lipinski definition) is 1. The maximum atomic E-state index is 13.2. The Morgan fingerprint density at radius 3 is 2.68 bits per heavy atom. The highest BCUT2D eigenvalue weighted by Gasteiger charge is 2.58. The average Bonchev–Trinajstić information content (AvgIpc) is 2.46. The van der Waals surface area contributed by atoms with E-state index < -0.39 is 23.2 Å². The highest BCUT2D eigenvalue weighted by Crippen LogP contribution is 2.44. The molecule has 1 fully saturated rings. The lowest BCUT2D eigenvalue weighted by atomic mass is 9.79. The minimum Gasteiger partial charge on any atom is -0.448 e. The molecule has 4 nitrogen and oxygen atoms in total. The zero-order chi connectivity index (χ0) is 16.1. The maximum Gasteiger partial charge on any atom is 0.343 e. The van der Waals surface area contributed by atoms with Crippen LogP contribution >= 0.6 is 11.6 Å². The van der Waals surface area contributed by atoms with Crippen LogP contribution in [0.3, 0.4) is 0 Å². The van der Waals surface area contributed by atoms with Crippen LogP contribution in [0.1, 0.15) is 10.4 Å². The van der Waals surface area contributed by atoms with Gasteiger partial charge in [-0.15, -0.1) is 0 Å². The molecule has 1 aromatic rings. The van der Waals surface area contributed by atoms with Gasteiger partial charge in [0.1, 0.15) is 5.75 Å². The van der Waals surface area contributed by atoms with Gasteiger partial charge in [-0.3, -0.25) is 9.59 Å². The molecule has 0 heterocycles. The molecule has 0 aromatic heterocycles. The summed E-state index contributed by atoms with van der Waals surface area (Å²) in [5.74, 6) is -5.35. The van der Waals surface area contributed by atoms with Gasteiger partial charge < -0.3 is 10.5 Å². The second kappa shape index (κ2) is 4.68. The van der Waals surface area contributed by atoms with E-state index in [-0.39, 0.29) is 27.7 Å². The van der Waals surface area contributed by atoms with Crippen molar-refractivity contribution in [3.8, 4) is 5.75 Å². The Bertz CT molecular complexity index is 873. The number of nitrogens with two attached hydrogens (primary N) is 1. The van der Waals surface area contributed by atoms with Crippen LogP contribution in [-0.2, 0) is 4.79 Å². The predicted octanol–water partition coefficient (Wildman–Crippen LogP) is 2.54. The summed E-state index contributed by atoms with van der Waals surface area (Å²) in [4.78, 5) is 22.4. The number of alkyl halides is 2. The fraction of sp³-hybridized carbons (Fsp3) is 0.0667. The van der Waals surface area contributed by atoms with Gasteiger partial charge in [-0.05, 0) is 23.9 Å². The number of Topliss-reactive ketones (excluding diaryl/α,β-unsaturated/α-hetero) is 1. The summed E-state index contributed by atoms with van der Waals surface area (Å²) < 4.78 is 31.7. The fourth-order valence-corrected chi connectivity index (χ4v) is 2.25. The number of carbonyl (C=O) groups is 2. The van der Waals surface area contributed by atoms with Gasteiger partial charge in [-0.2, -0.15) is 8.78 Å². The van der Waals surface area contributed by atoms with Crippen LogP contribution in [0.25, 0.3) is 0 Å². The normalized spacial score (nSPS) is 17.8. The number of ketones is 1. The molecular weight excluding hydrogens is 316 g/mol. The molecule has 1 aromatic carbocycles. The zero-order valence-corrected chi connectivity index (χ0v) is 11.5. The van der Waals surface area contributed by atoms with E-state index in [1.807, 2.05) is 0 Å². The van der Waals surface area contributed by atoms with Crippen LogP contribution < -0.4 is 10.5 Å². The zero-order valence-electron chi connectivity index (χ0n) is 10.7. The third-order valence-electron chi connectivity index (χ3n) is 3.08. The number of fused-ring (bicyclic) bond motifs is 1. The monoisotopic (exact) mass is 321 g/mol. The Kier molecular flexibility index (Phi) is 3.04. The van der Waals surface area contributed by atoms with Crippen molar-refractivity contribution < 1.29 is 23.1 Å². The Morgan fingerprint density at radius 2 is 2.00 bits per heavy atom. The fourth-order valence-electron chi connectivity index (χ4n) is 2.02. The first kappa shape index (κ1) is 14.3. The molecule has 0 unspecified atom stereocenters. The largest absolute Gasteiger partial charge is 0.448 e. The van der Waals surface area contributed by atoms with Crippen LogP contribution in [0.5, 0.6) is 5.75 Å². The van der Waals surface area contributed by atoms with Gasteiger partial charge in [-0.1, -0.05) is 17.3 Å². The number of hydrogen-bond acceptors (Lipinski definition) is 3. The molecule has 1 amide bonds. The lowest BCUT2D eigenvalue weighted by Crippen LogP contribution is -2.45. The average molecular weight is 322 g/mol. The molecule has 0 atom stereocenters. The summed E-state index contributed by atoms with van der Waals surface area (Å²) >= 11 is 5.83. The van der Waals surface area contributed by atoms with E-state index in [0.29, 0.717) is 0 Å². The van der Waals surface area contributed by atoms with Gasteiger partial charge in [0, 0.05) is 22.2 Å². The van der Waals surface area contributed by atoms with E-state index >= 15 is 0 Å². The standard InChI is InChI=1S/C15H6ClF2NO3/c16-8-3-7(14(19)21)4-10(5-8)22-9-1-2-12-11(6-9)13(20)15(12,17)18/h3-6H,(H2,19,21). The number of benzene rings is 1. The number of rotatable bonds is 3. The quantitative estimate of drug-likeness (QED) is 0.870. The van der Waals surface area contributed by atoms with Gasteiger partial charge >= 0.3 is 5.92 Å². The summed E-state index contributed by atoms with van der Waals surface area (Å²) in [6, 6.07) is 4.09. The number of halogens is 3. The molecule has 2 aliphatic rings. The molecule has 0 saturated heterocycles. The van der Waals surface area contributed by atoms with Crippen LogP contribution in [0.4, 0.5) is 8.78 Å². The summed E-state index contributed by atoms with van der Waals surface area (Å²) in [6.07, 6.45) is 1.14. The van der Waals surface area contributed by atoms with Crippen LogP contribution in [-0.4, -0.2) is 17.6 Å². The van der Waals surface area contributed by atoms with Crippen molar-refractivity contribution in [3.63, 3.8) is 0 Å². The first-order valence-electron chi connectivity index (χ1n) is 5.98. The first-order chi connectivity index (χ1) is 10.3. The summed E-state index contributed by atoms with van der Waals surface area (Å²) in [6.45, 7) is 0. The number of primary amides is 1. The molecule has 1 saturated carbocycles.